The third-order valence-corrected chi connectivity index (χ3v) is 5.48. The second-order valence-corrected chi connectivity index (χ2v) is 8.12. The normalized spacial score (nSPS) is 12.2. The molecule has 2 aromatic heterocycles. The maximum Gasteiger partial charge on any atom is 0.307 e. The van der Waals surface area contributed by atoms with Gasteiger partial charge in [0.15, 0.2) is 0 Å². The molecule has 0 saturated heterocycles. The monoisotopic (exact) mass is 391 g/mol. The Morgan fingerprint density at radius 1 is 1.33 bits per heavy atom. The molecule has 1 atom stereocenters. The lowest BCUT2D eigenvalue weighted by atomic mass is 10.1. The molecule has 148 valence electrons. The first-order chi connectivity index (χ1) is 12.8. The summed E-state index contributed by atoms with van der Waals surface area (Å²) in [5.41, 5.74) is 3.23. The Kier molecular flexibility index (Phi) is 7.59. The fourth-order valence-corrected chi connectivity index (χ4v) is 3.86. The van der Waals surface area contributed by atoms with E-state index in [0.29, 0.717) is 18.8 Å². The smallest absolute Gasteiger partial charge is 0.307 e. The summed E-state index contributed by atoms with van der Waals surface area (Å²) in [6, 6.07) is 3.48. The quantitative estimate of drug-likeness (QED) is 0.663. The van der Waals surface area contributed by atoms with Gasteiger partial charge in [0.25, 0.3) is 0 Å². The molecule has 0 fully saturated rings. The van der Waals surface area contributed by atoms with Crippen molar-refractivity contribution in [1.29, 1.82) is 0 Å². The van der Waals surface area contributed by atoms with E-state index in [-0.39, 0.29) is 24.3 Å². The summed E-state index contributed by atoms with van der Waals surface area (Å²) in [4.78, 5) is 25.1. The van der Waals surface area contributed by atoms with E-state index in [1.807, 2.05) is 29.1 Å². The molecule has 0 bridgehead atoms. The number of carbonyl (C=O) groups is 2. The van der Waals surface area contributed by atoms with Crippen molar-refractivity contribution in [2.24, 2.45) is 5.92 Å². The third-order valence-electron chi connectivity index (χ3n) is 4.49. The molecule has 0 radical (unpaired) electrons. The lowest BCUT2D eigenvalue weighted by Crippen LogP contribution is -2.30. The van der Waals surface area contributed by atoms with Crippen molar-refractivity contribution < 1.29 is 14.3 Å². The van der Waals surface area contributed by atoms with E-state index in [0.717, 1.165) is 28.4 Å². The third kappa shape index (κ3) is 5.92. The van der Waals surface area contributed by atoms with E-state index >= 15 is 0 Å². The number of thiophene rings is 1. The van der Waals surface area contributed by atoms with Crippen molar-refractivity contribution in [2.45, 2.75) is 59.5 Å². The Hall–Kier alpha value is -2.15. The second-order valence-electron chi connectivity index (χ2n) is 7.14. The zero-order valence-corrected chi connectivity index (χ0v) is 17.6. The van der Waals surface area contributed by atoms with Gasteiger partial charge in [0, 0.05) is 23.5 Å². The van der Waals surface area contributed by atoms with Gasteiger partial charge in [-0.15, -0.1) is 11.3 Å². The van der Waals surface area contributed by atoms with E-state index in [9.17, 15) is 9.59 Å². The number of amides is 1. The summed E-state index contributed by atoms with van der Waals surface area (Å²) in [7, 11) is 1.36. The van der Waals surface area contributed by atoms with Gasteiger partial charge in [0.2, 0.25) is 5.91 Å². The summed E-state index contributed by atoms with van der Waals surface area (Å²) < 4.78 is 6.79. The van der Waals surface area contributed by atoms with Gasteiger partial charge in [0.05, 0.1) is 25.3 Å². The Morgan fingerprint density at radius 2 is 2.07 bits per heavy atom. The molecular weight excluding hydrogens is 362 g/mol. The highest BCUT2D eigenvalue weighted by atomic mass is 32.1. The van der Waals surface area contributed by atoms with Gasteiger partial charge in [-0.05, 0) is 43.2 Å². The summed E-state index contributed by atoms with van der Waals surface area (Å²) in [6.45, 7) is 9.24. The van der Waals surface area contributed by atoms with Crippen LogP contribution in [0.4, 0.5) is 0 Å². The first-order valence-electron chi connectivity index (χ1n) is 9.24. The predicted molar refractivity (Wildman–Crippen MR) is 107 cm³/mol. The molecule has 0 aliphatic rings. The maximum absolute atomic E-state index is 12.5. The molecule has 0 spiro atoms. The van der Waals surface area contributed by atoms with Crippen LogP contribution in [0.2, 0.25) is 0 Å². The minimum absolute atomic E-state index is 0.0762. The van der Waals surface area contributed by atoms with Crippen LogP contribution in [0.1, 0.15) is 54.6 Å². The SMILES string of the molecule is COC(=O)CC(NC(=O)CCc1c(C)nn(CC(C)C)c1C)c1cccs1. The van der Waals surface area contributed by atoms with Gasteiger partial charge in [-0.1, -0.05) is 19.9 Å². The average molecular weight is 392 g/mol. The van der Waals surface area contributed by atoms with Gasteiger partial charge in [-0.3, -0.25) is 14.3 Å². The molecule has 1 unspecified atom stereocenters. The number of ether oxygens (including phenoxy) is 1. The number of hydrogen-bond acceptors (Lipinski definition) is 5. The summed E-state index contributed by atoms with van der Waals surface area (Å²) in [5, 5.41) is 9.51. The highest BCUT2D eigenvalue weighted by Gasteiger charge is 2.20. The Bertz CT molecular complexity index is 766. The van der Waals surface area contributed by atoms with Crippen LogP contribution >= 0.6 is 11.3 Å². The first kappa shape index (κ1) is 21.2. The highest BCUT2D eigenvalue weighted by Crippen LogP contribution is 2.23. The van der Waals surface area contributed by atoms with E-state index < -0.39 is 0 Å². The van der Waals surface area contributed by atoms with Crippen molar-refractivity contribution in [2.75, 3.05) is 7.11 Å². The summed E-state index contributed by atoms with van der Waals surface area (Å²) in [5.74, 6) is 0.104. The first-order valence-corrected chi connectivity index (χ1v) is 10.1. The van der Waals surface area contributed by atoms with Gasteiger partial charge < -0.3 is 10.1 Å². The molecule has 0 aliphatic carbocycles. The fraction of sp³-hybridized carbons (Fsp3) is 0.550. The predicted octanol–water partition coefficient (Wildman–Crippen LogP) is 3.57. The number of aryl methyl sites for hydroxylation is 1. The van der Waals surface area contributed by atoms with Crippen LogP contribution in [-0.2, 0) is 27.3 Å². The number of aromatic nitrogens is 2. The van der Waals surface area contributed by atoms with Crippen LogP contribution in [-0.4, -0.2) is 28.8 Å². The Morgan fingerprint density at radius 3 is 2.67 bits per heavy atom. The molecule has 0 aliphatic heterocycles. The van der Waals surface area contributed by atoms with Crippen LogP contribution in [0, 0.1) is 19.8 Å². The molecule has 0 aromatic carbocycles. The largest absolute Gasteiger partial charge is 0.469 e. The molecule has 2 rings (SSSR count). The van der Waals surface area contributed by atoms with Gasteiger partial charge in [-0.25, -0.2) is 0 Å². The number of esters is 1. The number of rotatable bonds is 9. The van der Waals surface area contributed by atoms with E-state index in [1.165, 1.54) is 18.4 Å². The zero-order valence-electron chi connectivity index (χ0n) is 16.7. The lowest BCUT2D eigenvalue weighted by Gasteiger charge is -2.16. The van der Waals surface area contributed by atoms with Crippen LogP contribution in [0.15, 0.2) is 17.5 Å². The van der Waals surface area contributed by atoms with Crippen LogP contribution in [0.25, 0.3) is 0 Å². The van der Waals surface area contributed by atoms with Crippen LogP contribution < -0.4 is 5.32 Å². The lowest BCUT2D eigenvalue weighted by molar-refractivity contribution is -0.141. The Labute approximate surface area is 164 Å². The minimum atomic E-state index is -0.351. The second kappa shape index (κ2) is 9.69. The number of nitrogens with zero attached hydrogens (tertiary/aromatic N) is 2. The number of hydrogen-bond donors (Lipinski definition) is 1. The molecule has 2 aromatic rings. The van der Waals surface area contributed by atoms with Gasteiger partial charge in [-0.2, -0.15) is 5.10 Å². The van der Waals surface area contributed by atoms with E-state index in [1.54, 1.807) is 0 Å². The molecule has 27 heavy (non-hydrogen) atoms. The van der Waals surface area contributed by atoms with Crippen molar-refractivity contribution in [3.05, 3.63) is 39.3 Å². The van der Waals surface area contributed by atoms with Crippen molar-refractivity contribution >= 4 is 23.2 Å². The Balaban J connectivity index is 2.00. The molecule has 1 N–H and O–H groups in total. The van der Waals surface area contributed by atoms with E-state index in [2.05, 4.69) is 31.2 Å². The standard InChI is InChI=1S/C20H29N3O3S/c1-13(2)12-23-15(4)16(14(3)22-23)8-9-19(24)21-17(11-20(25)26-5)18-7-6-10-27-18/h6-7,10,13,17H,8-9,11-12H2,1-5H3,(H,21,24). The minimum Gasteiger partial charge on any atom is -0.469 e. The van der Waals surface area contributed by atoms with Crippen LogP contribution in [0.5, 0.6) is 0 Å². The molecule has 0 saturated carbocycles. The number of carbonyl (C=O) groups excluding carboxylic acids is 2. The van der Waals surface area contributed by atoms with Crippen LogP contribution in [0.3, 0.4) is 0 Å². The summed E-state index contributed by atoms with van der Waals surface area (Å²) >= 11 is 1.52. The van der Waals surface area contributed by atoms with Crippen molar-refractivity contribution in [1.82, 2.24) is 15.1 Å². The molecule has 7 heteroatoms. The van der Waals surface area contributed by atoms with Gasteiger partial charge in [0.1, 0.15) is 0 Å². The van der Waals surface area contributed by atoms with Crippen molar-refractivity contribution in [3.63, 3.8) is 0 Å². The molecule has 1 amide bonds. The summed E-state index contributed by atoms with van der Waals surface area (Å²) in [6.07, 6.45) is 1.13. The topological polar surface area (TPSA) is 73.2 Å². The fourth-order valence-electron chi connectivity index (χ4n) is 3.09. The zero-order chi connectivity index (χ0) is 20.0. The van der Waals surface area contributed by atoms with Crippen molar-refractivity contribution in [3.8, 4) is 0 Å². The molecule has 6 nitrogen and oxygen atoms in total. The number of methoxy groups -OCH3 is 1. The number of nitrogens with one attached hydrogen (secondary N) is 1. The molecule has 2 heterocycles. The molecular formula is C20H29N3O3S. The van der Waals surface area contributed by atoms with Gasteiger partial charge >= 0.3 is 5.97 Å². The average Bonchev–Trinajstić information content (AvgIpc) is 3.22. The van der Waals surface area contributed by atoms with E-state index in [4.69, 9.17) is 4.74 Å². The maximum atomic E-state index is 12.5. The highest BCUT2D eigenvalue weighted by molar-refractivity contribution is 7.10.